The van der Waals surface area contributed by atoms with E-state index in [0.717, 1.165) is 37.1 Å². The lowest BCUT2D eigenvalue weighted by molar-refractivity contribution is 0.160. The molecular formula is C21H25FN4O. The Hall–Kier alpha value is -2.50. The number of hydrogen-bond acceptors (Lipinski definition) is 2. The van der Waals surface area contributed by atoms with Gasteiger partial charge in [0, 0.05) is 31.0 Å². The summed E-state index contributed by atoms with van der Waals surface area (Å²) in [5.74, 6) is -0.236. The first-order valence-corrected chi connectivity index (χ1v) is 9.96. The fraction of sp³-hybridized carbons (Fsp3) is 0.476. The van der Waals surface area contributed by atoms with Gasteiger partial charge in [0.2, 0.25) is 0 Å². The fourth-order valence-corrected chi connectivity index (χ4v) is 4.93. The SMILES string of the molecule is O=C(NC1CCCC1)N1CCC2(CC1)Nc1cc(F)ccc1-n1cccc12. The highest BCUT2D eigenvalue weighted by Gasteiger charge is 2.42. The number of carbonyl (C=O) groups excluding carboxylic acids is 1. The Balaban J connectivity index is 1.35. The van der Waals surface area contributed by atoms with Crippen molar-refractivity contribution >= 4 is 11.7 Å². The van der Waals surface area contributed by atoms with Crippen LogP contribution in [0.5, 0.6) is 0 Å². The largest absolute Gasteiger partial charge is 0.372 e. The number of likely N-dealkylation sites (tertiary alicyclic amines) is 1. The molecule has 1 saturated heterocycles. The molecule has 0 bridgehead atoms. The van der Waals surface area contributed by atoms with E-state index in [-0.39, 0.29) is 17.4 Å². The van der Waals surface area contributed by atoms with Crippen molar-refractivity contribution in [3.8, 4) is 5.69 Å². The molecule has 6 heteroatoms. The monoisotopic (exact) mass is 368 g/mol. The second-order valence-corrected chi connectivity index (χ2v) is 8.05. The summed E-state index contributed by atoms with van der Waals surface area (Å²) in [6.45, 7) is 1.39. The number of hydrogen-bond donors (Lipinski definition) is 2. The number of benzene rings is 1. The second-order valence-electron chi connectivity index (χ2n) is 8.05. The maximum atomic E-state index is 13.8. The zero-order valence-electron chi connectivity index (χ0n) is 15.4. The van der Waals surface area contributed by atoms with Crippen LogP contribution in [0.4, 0.5) is 14.9 Å². The molecule has 3 aliphatic rings. The standard InChI is InChI=1S/C21H25FN4O/c22-15-7-8-18-17(14-15)24-21(19-6-3-11-26(18)19)9-12-25(13-10-21)20(27)23-16-4-1-2-5-16/h3,6-8,11,14,16,24H,1-2,4-5,9-10,12-13H2,(H,23,27). The summed E-state index contributed by atoms with van der Waals surface area (Å²) in [7, 11) is 0. The predicted octanol–water partition coefficient (Wildman–Crippen LogP) is 3.99. The van der Waals surface area contributed by atoms with Crippen molar-refractivity contribution in [3.05, 3.63) is 48.0 Å². The number of fused-ring (bicyclic) bond motifs is 4. The van der Waals surface area contributed by atoms with Crippen LogP contribution >= 0.6 is 0 Å². The van der Waals surface area contributed by atoms with Gasteiger partial charge in [0.25, 0.3) is 0 Å². The molecule has 0 radical (unpaired) electrons. The van der Waals surface area contributed by atoms with Gasteiger partial charge in [0.1, 0.15) is 5.82 Å². The van der Waals surface area contributed by atoms with Gasteiger partial charge in [-0.2, -0.15) is 0 Å². The minimum Gasteiger partial charge on any atom is -0.372 e. The van der Waals surface area contributed by atoms with E-state index in [0.29, 0.717) is 19.1 Å². The van der Waals surface area contributed by atoms with E-state index in [1.165, 1.54) is 24.6 Å². The summed E-state index contributed by atoms with van der Waals surface area (Å²) in [6.07, 6.45) is 8.28. The van der Waals surface area contributed by atoms with Gasteiger partial charge in [-0.1, -0.05) is 12.8 Å². The number of rotatable bonds is 1. The molecule has 2 amide bonds. The number of carbonyl (C=O) groups is 1. The van der Waals surface area contributed by atoms with Gasteiger partial charge in [0.15, 0.2) is 0 Å². The summed E-state index contributed by atoms with van der Waals surface area (Å²) in [6, 6.07) is 9.46. The van der Waals surface area contributed by atoms with Crippen molar-refractivity contribution in [3.63, 3.8) is 0 Å². The quantitative estimate of drug-likeness (QED) is 0.800. The molecule has 1 aromatic heterocycles. The number of aromatic nitrogens is 1. The van der Waals surface area contributed by atoms with Crippen LogP contribution in [0.1, 0.15) is 44.2 Å². The van der Waals surface area contributed by atoms with Crippen molar-refractivity contribution in [1.82, 2.24) is 14.8 Å². The van der Waals surface area contributed by atoms with E-state index in [2.05, 4.69) is 21.3 Å². The summed E-state index contributed by atoms with van der Waals surface area (Å²) in [4.78, 5) is 14.5. The van der Waals surface area contributed by atoms with Crippen molar-refractivity contribution in [2.45, 2.75) is 50.1 Å². The number of halogens is 1. The minimum absolute atomic E-state index is 0.0642. The second kappa shape index (κ2) is 6.29. The number of piperidine rings is 1. The molecule has 0 unspecified atom stereocenters. The number of anilines is 1. The molecule has 2 N–H and O–H groups in total. The average molecular weight is 368 g/mol. The molecule has 2 aromatic rings. The van der Waals surface area contributed by atoms with Gasteiger partial charge < -0.3 is 20.1 Å². The molecule has 1 aromatic carbocycles. The van der Waals surface area contributed by atoms with E-state index in [1.807, 2.05) is 23.2 Å². The first kappa shape index (κ1) is 16.7. The fourth-order valence-electron chi connectivity index (χ4n) is 4.93. The Bertz CT molecular complexity index is 863. The van der Waals surface area contributed by atoms with E-state index in [1.54, 1.807) is 6.07 Å². The summed E-state index contributed by atoms with van der Waals surface area (Å²) >= 11 is 0. The Morgan fingerprint density at radius 3 is 2.74 bits per heavy atom. The topological polar surface area (TPSA) is 49.3 Å². The molecule has 27 heavy (non-hydrogen) atoms. The van der Waals surface area contributed by atoms with Gasteiger partial charge in [-0.05, 0) is 56.0 Å². The zero-order chi connectivity index (χ0) is 18.4. The number of nitrogens with one attached hydrogen (secondary N) is 2. The third-order valence-corrected chi connectivity index (χ3v) is 6.42. The number of nitrogens with zero attached hydrogens (tertiary/aromatic N) is 2. The third-order valence-electron chi connectivity index (χ3n) is 6.42. The summed E-state index contributed by atoms with van der Waals surface area (Å²) in [5, 5.41) is 6.80. The molecule has 2 aliphatic heterocycles. The molecule has 142 valence electrons. The molecule has 5 rings (SSSR count). The van der Waals surface area contributed by atoms with Crippen LogP contribution in [-0.2, 0) is 5.54 Å². The predicted molar refractivity (Wildman–Crippen MR) is 103 cm³/mol. The van der Waals surface area contributed by atoms with Crippen LogP contribution in [0.25, 0.3) is 5.69 Å². The number of urea groups is 1. The highest BCUT2D eigenvalue weighted by atomic mass is 19.1. The van der Waals surface area contributed by atoms with Crippen LogP contribution in [-0.4, -0.2) is 34.6 Å². The van der Waals surface area contributed by atoms with Gasteiger partial charge in [-0.15, -0.1) is 0 Å². The van der Waals surface area contributed by atoms with Crippen molar-refractivity contribution in [2.24, 2.45) is 0 Å². The smallest absolute Gasteiger partial charge is 0.317 e. The molecule has 1 saturated carbocycles. The van der Waals surface area contributed by atoms with Gasteiger partial charge in [-0.25, -0.2) is 9.18 Å². The lowest BCUT2D eigenvalue weighted by Crippen LogP contribution is -2.54. The minimum atomic E-state index is -0.256. The molecule has 5 nitrogen and oxygen atoms in total. The van der Waals surface area contributed by atoms with Crippen LogP contribution in [0, 0.1) is 5.82 Å². The first-order chi connectivity index (χ1) is 13.1. The maximum Gasteiger partial charge on any atom is 0.317 e. The van der Waals surface area contributed by atoms with Gasteiger partial charge in [-0.3, -0.25) is 0 Å². The zero-order valence-corrected chi connectivity index (χ0v) is 15.4. The molecule has 0 atom stereocenters. The van der Waals surface area contributed by atoms with E-state index in [4.69, 9.17) is 0 Å². The Kier molecular flexibility index (Phi) is 3.88. The van der Waals surface area contributed by atoms with Crippen LogP contribution < -0.4 is 10.6 Å². The summed E-state index contributed by atoms with van der Waals surface area (Å²) in [5.41, 5.74) is 2.73. The molecular weight excluding hydrogens is 343 g/mol. The normalized spacial score (nSPS) is 20.9. The Morgan fingerprint density at radius 2 is 1.96 bits per heavy atom. The Morgan fingerprint density at radius 1 is 1.19 bits per heavy atom. The van der Waals surface area contributed by atoms with Crippen LogP contribution in [0.3, 0.4) is 0 Å². The number of amides is 2. The Labute approximate surface area is 158 Å². The van der Waals surface area contributed by atoms with E-state index in [9.17, 15) is 9.18 Å². The van der Waals surface area contributed by atoms with E-state index < -0.39 is 0 Å². The first-order valence-electron chi connectivity index (χ1n) is 9.96. The lowest BCUT2D eigenvalue weighted by atomic mass is 9.82. The molecule has 1 aliphatic carbocycles. The molecule has 2 fully saturated rings. The van der Waals surface area contributed by atoms with Crippen molar-refractivity contribution in [1.29, 1.82) is 0 Å². The van der Waals surface area contributed by atoms with Crippen LogP contribution in [0.15, 0.2) is 36.5 Å². The van der Waals surface area contributed by atoms with Gasteiger partial charge >= 0.3 is 6.03 Å². The third kappa shape index (κ3) is 2.78. The average Bonchev–Trinajstić information content (AvgIpc) is 3.34. The highest BCUT2D eigenvalue weighted by molar-refractivity contribution is 5.75. The highest BCUT2D eigenvalue weighted by Crippen LogP contribution is 2.43. The molecule has 1 spiro atoms. The maximum absolute atomic E-state index is 13.8. The van der Waals surface area contributed by atoms with Crippen molar-refractivity contribution in [2.75, 3.05) is 18.4 Å². The van der Waals surface area contributed by atoms with Crippen LogP contribution in [0.2, 0.25) is 0 Å². The van der Waals surface area contributed by atoms with Gasteiger partial charge in [0.05, 0.1) is 16.9 Å². The van der Waals surface area contributed by atoms with Crippen molar-refractivity contribution < 1.29 is 9.18 Å². The van der Waals surface area contributed by atoms with E-state index >= 15 is 0 Å². The summed E-state index contributed by atoms with van der Waals surface area (Å²) < 4.78 is 16.0. The molecule has 3 heterocycles. The lowest BCUT2D eigenvalue weighted by Gasteiger charge is -2.46.